The molecule has 0 radical (unpaired) electrons. The van der Waals surface area contributed by atoms with Crippen molar-refractivity contribution in [3.8, 4) is 0 Å². The molecule has 0 aromatic rings. The summed E-state index contributed by atoms with van der Waals surface area (Å²) in [6, 6.07) is 0.223. The summed E-state index contributed by atoms with van der Waals surface area (Å²) < 4.78 is 3.19. The van der Waals surface area contributed by atoms with Crippen molar-refractivity contribution in [2.45, 2.75) is 110 Å². The van der Waals surface area contributed by atoms with Gasteiger partial charge < -0.3 is 9.80 Å². The summed E-state index contributed by atoms with van der Waals surface area (Å²) in [5, 5.41) is 0. The monoisotopic (exact) mass is 438 g/mol. The Hall–Kier alpha value is -0.190. The predicted octanol–water partition coefficient (Wildman–Crippen LogP) is 7.93. The van der Waals surface area contributed by atoms with Crippen LogP contribution < -0.4 is 0 Å². The summed E-state index contributed by atoms with van der Waals surface area (Å²) in [6.45, 7) is 5.07. The molecule has 2 amide bonds. The Kier molecular flexibility index (Phi) is 21.4. The Balaban J connectivity index is 0.00000227. The van der Waals surface area contributed by atoms with E-state index in [1.54, 1.807) is 0 Å². The Morgan fingerprint density at radius 2 is 1.07 bits per heavy atom. The van der Waals surface area contributed by atoms with Gasteiger partial charge in [-0.3, -0.25) is 0 Å². The predicted molar refractivity (Wildman–Crippen MR) is 122 cm³/mol. The van der Waals surface area contributed by atoms with Crippen LogP contribution in [-0.2, 0) is 3.84 Å². The van der Waals surface area contributed by atoms with E-state index in [0.29, 0.717) is 0 Å². The summed E-state index contributed by atoms with van der Waals surface area (Å²) in [4.78, 5) is 15.6. The molecule has 0 spiro atoms. The molecular formula is C22H44Cl2N2O2. The zero-order chi connectivity index (χ0) is 20.9. The van der Waals surface area contributed by atoms with Gasteiger partial charge in [0.2, 0.25) is 0 Å². The van der Waals surface area contributed by atoms with Crippen LogP contribution in [0.25, 0.3) is 0 Å². The smallest absolute Gasteiger partial charge is 0.319 e. The maximum Gasteiger partial charge on any atom is 0.319 e. The molecule has 0 aliphatic carbocycles. The van der Waals surface area contributed by atoms with Crippen molar-refractivity contribution in [2.75, 3.05) is 26.7 Å². The first kappa shape index (κ1) is 27.8. The highest BCUT2D eigenvalue weighted by atomic mass is 35.6. The van der Waals surface area contributed by atoms with Crippen LogP contribution in [0.2, 0.25) is 0 Å². The zero-order valence-corrected chi connectivity index (χ0v) is 19.9. The second-order valence-electron chi connectivity index (χ2n) is 8.05. The lowest BCUT2D eigenvalue weighted by molar-refractivity contribution is 0.198. The Labute approximate surface area is 184 Å². The fraction of sp³-hybridized carbons (Fsp3) is 0.955. The number of amides is 2. The third-order valence-electron chi connectivity index (χ3n) is 5.58. The van der Waals surface area contributed by atoms with Gasteiger partial charge in [0, 0.05) is 26.7 Å². The van der Waals surface area contributed by atoms with Crippen molar-refractivity contribution in [3.63, 3.8) is 0 Å². The number of nitrogens with zero attached hydrogens (tertiary/aromatic N) is 2. The van der Waals surface area contributed by atoms with Crippen molar-refractivity contribution in [1.82, 2.24) is 9.80 Å². The Morgan fingerprint density at radius 1 is 0.714 bits per heavy atom. The highest BCUT2D eigenvalue weighted by Crippen LogP contribution is 2.14. The molecule has 0 aromatic heterocycles. The van der Waals surface area contributed by atoms with Gasteiger partial charge in [0.15, 0.2) is 0 Å². The second-order valence-corrected chi connectivity index (χ2v) is 8.52. The van der Waals surface area contributed by atoms with Crippen LogP contribution >= 0.6 is 23.7 Å². The van der Waals surface area contributed by atoms with Crippen LogP contribution in [0.1, 0.15) is 110 Å². The molecule has 168 valence electrons. The molecule has 1 fully saturated rings. The fourth-order valence-electron chi connectivity index (χ4n) is 3.76. The van der Waals surface area contributed by atoms with E-state index in [-0.39, 0.29) is 6.03 Å². The fourth-order valence-corrected chi connectivity index (χ4v) is 3.76. The topological polar surface area (TPSA) is 32.8 Å². The van der Waals surface area contributed by atoms with Crippen molar-refractivity contribution in [1.29, 1.82) is 0 Å². The van der Waals surface area contributed by atoms with Crippen LogP contribution in [0, 0.1) is 0 Å². The first-order chi connectivity index (χ1) is 13.7. The van der Waals surface area contributed by atoms with E-state index in [1.807, 2.05) is 16.8 Å². The number of rotatable bonds is 17. The lowest BCUT2D eigenvalue weighted by atomic mass is 10.0. The van der Waals surface area contributed by atoms with Gasteiger partial charge in [0.05, 0.1) is 23.7 Å². The van der Waals surface area contributed by atoms with Crippen LogP contribution in [0.5, 0.6) is 0 Å². The van der Waals surface area contributed by atoms with Crippen LogP contribution in [0.15, 0.2) is 0 Å². The van der Waals surface area contributed by atoms with Gasteiger partial charge in [-0.2, -0.15) is 3.84 Å². The van der Waals surface area contributed by atoms with E-state index in [9.17, 15) is 4.79 Å². The van der Waals surface area contributed by atoms with Gasteiger partial charge in [-0.1, -0.05) is 103 Å². The van der Waals surface area contributed by atoms with Gasteiger partial charge in [0.1, 0.15) is 0 Å². The average Bonchev–Trinajstić information content (AvgIpc) is 3.00. The number of unbranched alkanes of at least 4 members (excludes halogenated alkanes) is 15. The van der Waals surface area contributed by atoms with Crippen molar-refractivity contribution < 1.29 is 8.64 Å². The number of likely N-dealkylation sites (N-methyl/N-ethyl adjacent to an activating group) is 1. The van der Waals surface area contributed by atoms with Crippen LogP contribution in [0.4, 0.5) is 4.79 Å². The van der Waals surface area contributed by atoms with Crippen molar-refractivity contribution >= 4 is 29.8 Å². The van der Waals surface area contributed by atoms with Gasteiger partial charge in [-0.05, 0) is 6.42 Å². The average molecular weight is 440 g/mol. The highest BCUT2D eigenvalue weighted by molar-refractivity contribution is 6.24. The summed E-state index contributed by atoms with van der Waals surface area (Å²) in [5.41, 5.74) is 0. The summed E-state index contributed by atoms with van der Waals surface area (Å²) in [6.07, 6.45) is 22.4. The molecular weight excluding hydrogens is 395 g/mol. The molecule has 0 unspecified atom stereocenters. The number of halogens is 2. The molecule has 1 heterocycles. The second kappa shape index (κ2) is 21.5. The number of carbonyl (C=O) groups is 1. The SMILES string of the molecule is CCCCCCCCCCCCCCCCCCN1CCN(C)C1=O.ClOCl. The summed E-state index contributed by atoms with van der Waals surface area (Å²) in [7, 11) is 1.90. The molecule has 1 saturated heterocycles. The first-order valence-corrected chi connectivity index (χ1v) is 12.2. The Bertz CT molecular complexity index is 346. The minimum Gasteiger partial charge on any atom is -0.326 e. The van der Waals surface area contributed by atoms with E-state index in [0.717, 1.165) is 19.6 Å². The molecule has 6 heteroatoms. The third kappa shape index (κ3) is 16.7. The third-order valence-corrected chi connectivity index (χ3v) is 5.58. The van der Waals surface area contributed by atoms with Gasteiger partial charge in [-0.15, -0.1) is 0 Å². The largest absolute Gasteiger partial charge is 0.326 e. The van der Waals surface area contributed by atoms with Gasteiger partial charge in [-0.25, -0.2) is 4.79 Å². The zero-order valence-electron chi connectivity index (χ0n) is 18.4. The maximum absolute atomic E-state index is 11.7. The minimum atomic E-state index is 0.223. The molecule has 0 aromatic carbocycles. The van der Waals surface area contributed by atoms with Crippen molar-refractivity contribution in [3.05, 3.63) is 0 Å². The maximum atomic E-state index is 11.7. The molecule has 28 heavy (non-hydrogen) atoms. The lowest BCUT2D eigenvalue weighted by Gasteiger charge is -2.15. The van der Waals surface area contributed by atoms with Crippen molar-refractivity contribution in [2.24, 2.45) is 0 Å². The number of hydrogen-bond acceptors (Lipinski definition) is 2. The lowest BCUT2D eigenvalue weighted by Crippen LogP contribution is -2.30. The number of hydrogen-bond donors (Lipinski definition) is 0. The van der Waals surface area contributed by atoms with E-state index in [4.69, 9.17) is 0 Å². The number of carbonyl (C=O) groups excluding carboxylic acids is 1. The van der Waals surface area contributed by atoms with Gasteiger partial charge in [0.25, 0.3) is 0 Å². The van der Waals surface area contributed by atoms with E-state index in [1.165, 1.54) is 103 Å². The van der Waals surface area contributed by atoms with Crippen LogP contribution in [0.3, 0.4) is 0 Å². The molecule has 0 atom stereocenters. The molecule has 4 nitrogen and oxygen atoms in total. The summed E-state index contributed by atoms with van der Waals surface area (Å²) in [5.74, 6) is 0. The van der Waals surface area contributed by atoms with E-state index < -0.39 is 0 Å². The first-order valence-electron chi connectivity index (χ1n) is 11.6. The molecule has 1 aliphatic rings. The standard InChI is InChI=1S/C22H44N2O.Cl2O/c1-3-4-5-6-7-8-9-10-11-12-13-14-15-16-17-18-19-24-21-20-23(2)22(24)25;1-3-2/h3-21H2,1-2H3;. The molecule has 0 saturated carbocycles. The summed E-state index contributed by atoms with van der Waals surface area (Å²) >= 11 is 8.53. The van der Waals surface area contributed by atoms with Crippen LogP contribution in [-0.4, -0.2) is 42.5 Å². The number of urea groups is 1. The normalized spacial score (nSPS) is 13.8. The minimum absolute atomic E-state index is 0.223. The highest BCUT2D eigenvalue weighted by Gasteiger charge is 2.23. The molecule has 1 rings (SSSR count). The Morgan fingerprint density at radius 3 is 1.39 bits per heavy atom. The quantitative estimate of drug-likeness (QED) is 0.216. The molecule has 0 bridgehead atoms. The van der Waals surface area contributed by atoms with Gasteiger partial charge >= 0.3 is 6.03 Å². The van der Waals surface area contributed by atoms with E-state index in [2.05, 4.69) is 34.5 Å². The molecule has 0 N–H and O–H groups in total. The van der Waals surface area contributed by atoms with E-state index >= 15 is 0 Å². The molecule has 1 aliphatic heterocycles.